The number of halogens is 1. The van der Waals surface area contributed by atoms with Crippen LogP contribution >= 0.6 is 11.6 Å². The van der Waals surface area contributed by atoms with Gasteiger partial charge in [-0.1, -0.05) is 17.7 Å². The van der Waals surface area contributed by atoms with Gasteiger partial charge in [-0.05, 0) is 40.8 Å². The molecule has 1 aliphatic heterocycles. The minimum absolute atomic E-state index is 0.0549. The Morgan fingerprint density at radius 3 is 2.63 bits per heavy atom. The van der Waals surface area contributed by atoms with Crippen LogP contribution in [0.2, 0.25) is 5.02 Å². The maximum atomic E-state index is 12.8. The third kappa shape index (κ3) is 3.96. The monoisotopic (exact) mass is 383 g/mol. The van der Waals surface area contributed by atoms with Gasteiger partial charge in [-0.15, -0.1) is 5.10 Å². The summed E-state index contributed by atoms with van der Waals surface area (Å²) in [7, 11) is 0. The largest absolute Gasteiger partial charge is 0.336 e. The van der Waals surface area contributed by atoms with Crippen LogP contribution < -0.4 is 0 Å². The van der Waals surface area contributed by atoms with E-state index in [1.807, 2.05) is 23.1 Å². The van der Waals surface area contributed by atoms with Gasteiger partial charge in [-0.2, -0.15) is 0 Å². The summed E-state index contributed by atoms with van der Waals surface area (Å²) >= 11 is 6.35. The second-order valence-corrected chi connectivity index (χ2v) is 6.72. The lowest BCUT2D eigenvalue weighted by Crippen LogP contribution is -2.48. The average Bonchev–Trinajstić information content (AvgIpc) is 3.24. The van der Waals surface area contributed by atoms with Gasteiger partial charge in [-0.3, -0.25) is 14.7 Å². The fourth-order valence-electron chi connectivity index (χ4n) is 3.10. The standard InChI is InChI=1S/C18H18ClN7O/c19-17-11-15(26-13-21-22-23-26)4-5-16(17)18(27)25-9-7-24(8-10-25)12-14-3-1-2-6-20-14/h1-6,11,13H,7-10,12H2. The van der Waals surface area contributed by atoms with E-state index in [9.17, 15) is 4.79 Å². The number of hydrogen-bond donors (Lipinski definition) is 0. The number of rotatable bonds is 4. The molecular weight excluding hydrogens is 366 g/mol. The van der Waals surface area contributed by atoms with Gasteiger partial charge in [0, 0.05) is 38.9 Å². The summed E-state index contributed by atoms with van der Waals surface area (Å²) < 4.78 is 1.50. The first kappa shape index (κ1) is 17.6. The lowest BCUT2D eigenvalue weighted by molar-refractivity contribution is 0.0627. The Balaban J connectivity index is 1.39. The van der Waals surface area contributed by atoms with Crippen LogP contribution in [0.25, 0.3) is 5.69 Å². The molecule has 0 atom stereocenters. The van der Waals surface area contributed by atoms with E-state index in [1.54, 1.807) is 24.4 Å². The van der Waals surface area contributed by atoms with Gasteiger partial charge in [0.05, 0.1) is 22.0 Å². The van der Waals surface area contributed by atoms with Crippen molar-refractivity contribution in [1.82, 2.24) is 35.0 Å². The number of tetrazole rings is 1. The van der Waals surface area contributed by atoms with Crippen LogP contribution in [-0.2, 0) is 6.54 Å². The Kier molecular flexibility index (Phi) is 5.08. The molecule has 3 aromatic rings. The summed E-state index contributed by atoms with van der Waals surface area (Å²) in [4.78, 5) is 21.3. The maximum Gasteiger partial charge on any atom is 0.255 e. The first-order valence-electron chi connectivity index (χ1n) is 8.65. The van der Waals surface area contributed by atoms with E-state index >= 15 is 0 Å². The van der Waals surface area contributed by atoms with Gasteiger partial charge in [0.25, 0.3) is 5.91 Å². The smallest absolute Gasteiger partial charge is 0.255 e. The molecule has 3 heterocycles. The summed E-state index contributed by atoms with van der Waals surface area (Å²) in [6.45, 7) is 3.74. The van der Waals surface area contributed by atoms with Crippen LogP contribution in [-0.4, -0.2) is 67.1 Å². The third-order valence-electron chi connectivity index (χ3n) is 4.57. The topological polar surface area (TPSA) is 80.0 Å². The highest BCUT2D eigenvalue weighted by molar-refractivity contribution is 6.34. The number of nitrogens with zero attached hydrogens (tertiary/aromatic N) is 7. The average molecular weight is 384 g/mol. The number of pyridine rings is 1. The lowest BCUT2D eigenvalue weighted by Gasteiger charge is -2.34. The molecule has 0 spiro atoms. The van der Waals surface area contributed by atoms with Gasteiger partial charge in [0.15, 0.2) is 0 Å². The summed E-state index contributed by atoms with van der Waals surface area (Å²) in [5.41, 5.74) is 2.24. The highest BCUT2D eigenvalue weighted by Gasteiger charge is 2.24. The van der Waals surface area contributed by atoms with Crippen molar-refractivity contribution in [3.63, 3.8) is 0 Å². The van der Waals surface area contributed by atoms with Crippen LogP contribution in [0.5, 0.6) is 0 Å². The molecule has 0 saturated carbocycles. The highest BCUT2D eigenvalue weighted by atomic mass is 35.5. The van der Waals surface area contributed by atoms with Gasteiger partial charge in [0.2, 0.25) is 0 Å². The molecule has 1 fully saturated rings. The zero-order chi connectivity index (χ0) is 18.6. The molecule has 1 aliphatic rings. The maximum absolute atomic E-state index is 12.8. The van der Waals surface area contributed by atoms with Crippen molar-refractivity contribution < 1.29 is 4.79 Å². The van der Waals surface area contributed by atoms with E-state index in [2.05, 4.69) is 25.4 Å². The fourth-order valence-corrected chi connectivity index (χ4v) is 3.36. The second kappa shape index (κ2) is 7.81. The first-order chi connectivity index (χ1) is 13.2. The second-order valence-electron chi connectivity index (χ2n) is 6.31. The van der Waals surface area contributed by atoms with Gasteiger partial charge in [0.1, 0.15) is 6.33 Å². The molecule has 0 unspecified atom stereocenters. The normalized spacial score (nSPS) is 15.1. The van der Waals surface area contributed by atoms with Crippen LogP contribution in [0.15, 0.2) is 48.9 Å². The molecule has 0 radical (unpaired) electrons. The minimum Gasteiger partial charge on any atom is -0.336 e. The summed E-state index contributed by atoms with van der Waals surface area (Å²) in [6, 6.07) is 11.1. The van der Waals surface area contributed by atoms with Crippen molar-refractivity contribution in [2.45, 2.75) is 6.54 Å². The molecule has 1 aromatic carbocycles. The zero-order valence-corrected chi connectivity index (χ0v) is 15.3. The van der Waals surface area contributed by atoms with Gasteiger partial charge in [-0.25, -0.2) is 4.68 Å². The predicted octanol–water partition coefficient (Wildman–Crippen LogP) is 1.67. The minimum atomic E-state index is -0.0549. The van der Waals surface area contributed by atoms with Crippen molar-refractivity contribution in [3.05, 3.63) is 65.2 Å². The number of piperazine rings is 1. The Hall–Kier alpha value is -2.84. The van der Waals surface area contributed by atoms with E-state index < -0.39 is 0 Å². The Morgan fingerprint density at radius 1 is 1.11 bits per heavy atom. The van der Waals surface area contributed by atoms with E-state index in [4.69, 9.17) is 11.6 Å². The lowest BCUT2D eigenvalue weighted by atomic mass is 10.1. The number of carbonyl (C=O) groups excluding carboxylic acids is 1. The molecule has 0 N–H and O–H groups in total. The zero-order valence-electron chi connectivity index (χ0n) is 14.6. The molecule has 8 nitrogen and oxygen atoms in total. The number of benzene rings is 1. The highest BCUT2D eigenvalue weighted by Crippen LogP contribution is 2.22. The molecule has 2 aromatic heterocycles. The van der Waals surface area contributed by atoms with Gasteiger partial charge < -0.3 is 4.90 Å². The van der Waals surface area contributed by atoms with Crippen LogP contribution in [0.3, 0.4) is 0 Å². The van der Waals surface area contributed by atoms with E-state index in [1.165, 1.54) is 11.0 Å². The van der Waals surface area contributed by atoms with Gasteiger partial charge >= 0.3 is 0 Å². The first-order valence-corrected chi connectivity index (χ1v) is 9.03. The van der Waals surface area contributed by atoms with E-state index in [0.717, 1.165) is 25.3 Å². The summed E-state index contributed by atoms with van der Waals surface area (Å²) in [5.74, 6) is -0.0549. The fraction of sp³-hybridized carbons (Fsp3) is 0.278. The number of aromatic nitrogens is 5. The van der Waals surface area contributed by atoms with Crippen molar-refractivity contribution in [2.24, 2.45) is 0 Å². The Morgan fingerprint density at radius 2 is 1.96 bits per heavy atom. The van der Waals surface area contributed by atoms with E-state index in [-0.39, 0.29) is 5.91 Å². The van der Waals surface area contributed by atoms with E-state index in [0.29, 0.717) is 29.4 Å². The molecule has 0 aliphatic carbocycles. The van der Waals surface area contributed by atoms with Crippen LogP contribution in [0, 0.1) is 0 Å². The van der Waals surface area contributed by atoms with Crippen LogP contribution in [0.1, 0.15) is 16.1 Å². The SMILES string of the molecule is O=C(c1ccc(-n2cnnn2)cc1Cl)N1CCN(Cc2ccccn2)CC1. The van der Waals surface area contributed by atoms with Crippen molar-refractivity contribution in [1.29, 1.82) is 0 Å². The Labute approximate surface area is 161 Å². The summed E-state index contributed by atoms with van der Waals surface area (Å²) in [5, 5.41) is 11.4. The van der Waals surface area contributed by atoms with Crippen LogP contribution in [0.4, 0.5) is 0 Å². The van der Waals surface area contributed by atoms with Crippen molar-refractivity contribution >= 4 is 17.5 Å². The van der Waals surface area contributed by atoms with Crippen molar-refractivity contribution in [2.75, 3.05) is 26.2 Å². The number of hydrogen-bond acceptors (Lipinski definition) is 6. The number of carbonyl (C=O) groups is 1. The quantitative estimate of drug-likeness (QED) is 0.681. The molecule has 1 saturated heterocycles. The molecule has 0 bridgehead atoms. The van der Waals surface area contributed by atoms with Crippen molar-refractivity contribution in [3.8, 4) is 5.69 Å². The molecule has 1 amide bonds. The predicted molar refractivity (Wildman–Crippen MR) is 99.6 cm³/mol. The Bertz CT molecular complexity index is 909. The third-order valence-corrected chi connectivity index (χ3v) is 4.88. The molecular formula is C18H18ClN7O. The molecule has 9 heteroatoms. The summed E-state index contributed by atoms with van der Waals surface area (Å²) in [6.07, 6.45) is 3.28. The molecule has 27 heavy (non-hydrogen) atoms. The number of amides is 1. The molecule has 138 valence electrons. The molecule has 4 rings (SSSR count).